The maximum atomic E-state index is 5.07. The van der Waals surface area contributed by atoms with E-state index in [0.717, 1.165) is 27.8 Å². The fourth-order valence-electron chi connectivity index (χ4n) is 6.23. The topological polar surface area (TPSA) is 38.7 Å². The smallest absolute Gasteiger partial charge is 0.164 e. The third-order valence-corrected chi connectivity index (χ3v) is 9.64. The van der Waals surface area contributed by atoms with Crippen molar-refractivity contribution in [3.8, 4) is 45.3 Å². The Morgan fingerprint density at radius 1 is 0.311 bits per heavy atom. The van der Waals surface area contributed by atoms with Crippen LogP contribution in [0.1, 0.15) is 0 Å². The molecule has 4 heteroatoms. The molecule has 0 aliphatic rings. The number of thiophene rings is 1. The first-order valence-corrected chi connectivity index (χ1v) is 15.8. The molecule has 2 heterocycles. The van der Waals surface area contributed by atoms with Crippen molar-refractivity contribution in [1.82, 2.24) is 15.0 Å². The molecule has 45 heavy (non-hydrogen) atoms. The lowest BCUT2D eigenvalue weighted by Crippen LogP contribution is -2.00. The van der Waals surface area contributed by atoms with E-state index in [2.05, 4.69) is 121 Å². The van der Waals surface area contributed by atoms with Gasteiger partial charge in [0.05, 0.1) is 0 Å². The number of aromatic nitrogens is 3. The zero-order valence-corrected chi connectivity index (χ0v) is 25.0. The molecule has 0 unspecified atom stereocenters. The summed E-state index contributed by atoms with van der Waals surface area (Å²) in [5.41, 5.74) is 5.18. The molecule has 0 N–H and O–H groups in total. The van der Waals surface area contributed by atoms with Gasteiger partial charge in [-0.05, 0) is 56.9 Å². The van der Waals surface area contributed by atoms with Crippen molar-refractivity contribution < 1.29 is 0 Å². The van der Waals surface area contributed by atoms with E-state index in [4.69, 9.17) is 15.0 Å². The van der Waals surface area contributed by atoms with Gasteiger partial charge in [-0.3, -0.25) is 0 Å². The van der Waals surface area contributed by atoms with Crippen LogP contribution < -0.4 is 0 Å². The Morgan fingerprint density at radius 2 is 0.867 bits per heavy atom. The summed E-state index contributed by atoms with van der Waals surface area (Å²) < 4.78 is 2.51. The molecule has 0 atom stereocenters. The second-order valence-corrected chi connectivity index (χ2v) is 12.4. The highest BCUT2D eigenvalue weighted by molar-refractivity contribution is 7.25. The summed E-state index contributed by atoms with van der Waals surface area (Å²) in [4.78, 5) is 15.1. The van der Waals surface area contributed by atoms with Crippen LogP contribution in [0.15, 0.2) is 152 Å². The van der Waals surface area contributed by atoms with Crippen molar-refractivity contribution in [3.05, 3.63) is 152 Å². The van der Waals surface area contributed by atoms with Crippen LogP contribution in [0.25, 0.3) is 87.0 Å². The molecule has 0 saturated heterocycles. The number of rotatable bonds is 4. The first-order valence-electron chi connectivity index (χ1n) is 15.0. The third kappa shape index (κ3) is 4.55. The first kappa shape index (κ1) is 25.8. The van der Waals surface area contributed by atoms with Crippen LogP contribution in [0.3, 0.4) is 0 Å². The summed E-state index contributed by atoms with van der Waals surface area (Å²) in [6.07, 6.45) is 0. The molecule has 3 nitrogen and oxygen atoms in total. The highest BCUT2D eigenvalue weighted by Crippen LogP contribution is 2.37. The zero-order valence-electron chi connectivity index (χ0n) is 24.2. The van der Waals surface area contributed by atoms with Crippen molar-refractivity contribution in [2.24, 2.45) is 0 Å². The Balaban J connectivity index is 1.19. The van der Waals surface area contributed by atoms with Gasteiger partial charge < -0.3 is 0 Å². The number of hydrogen-bond donors (Lipinski definition) is 0. The average molecular weight is 592 g/mol. The van der Waals surface area contributed by atoms with Gasteiger partial charge in [-0.15, -0.1) is 11.3 Å². The summed E-state index contributed by atoms with van der Waals surface area (Å²) in [6.45, 7) is 0. The fourth-order valence-corrected chi connectivity index (χ4v) is 7.38. The van der Waals surface area contributed by atoms with Crippen molar-refractivity contribution in [1.29, 1.82) is 0 Å². The molecule has 0 radical (unpaired) electrons. The van der Waals surface area contributed by atoms with Crippen LogP contribution >= 0.6 is 11.3 Å². The van der Waals surface area contributed by atoms with E-state index >= 15 is 0 Å². The minimum absolute atomic E-state index is 0.656. The van der Waals surface area contributed by atoms with Gasteiger partial charge in [0, 0.05) is 36.9 Å². The van der Waals surface area contributed by atoms with Crippen LogP contribution in [0.2, 0.25) is 0 Å². The van der Waals surface area contributed by atoms with Gasteiger partial charge in [-0.2, -0.15) is 0 Å². The van der Waals surface area contributed by atoms with Gasteiger partial charge >= 0.3 is 0 Å². The molecule has 0 bridgehead atoms. The van der Waals surface area contributed by atoms with Crippen LogP contribution in [-0.2, 0) is 0 Å². The van der Waals surface area contributed by atoms with E-state index in [1.54, 1.807) is 11.3 Å². The lowest BCUT2D eigenvalue weighted by molar-refractivity contribution is 1.07. The Bertz CT molecular complexity index is 2550. The van der Waals surface area contributed by atoms with Crippen LogP contribution in [0.5, 0.6) is 0 Å². The van der Waals surface area contributed by atoms with E-state index in [1.165, 1.54) is 41.7 Å². The lowest BCUT2D eigenvalue weighted by Gasteiger charge is -2.11. The van der Waals surface area contributed by atoms with Gasteiger partial charge in [0.2, 0.25) is 0 Å². The van der Waals surface area contributed by atoms with Gasteiger partial charge in [-0.25, -0.2) is 15.0 Å². The predicted molar refractivity (Wildman–Crippen MR) is 189 cm³/mol. The number of hydrogen-bond acceptors (Lipinski definition) is 4. The summed E-state index contributed by atoms with van der Waals surface area (Å²) in [5, 5.41) is 7.53. The van der Waals surface area contributed by atoms with Gasteiger partial charge in [0.1, 0.15) is 0 Å². The molecule has 0 fully saturated rings. The van der Waals surface area contributed by atoms with E-state index in [1.807, 2.05) is 30.3 Å². The molecule has 210 valence electrons. The fraction of sp³-hybridized carbons (Fsp3) is 0. The molecule has 2 aromatic heterocycles. The van der Waals surface area contributed by atoms with E-state index in [0.29, 0.717) is 17.5 Å². The molecule has 7 aromatic carbocycles. The summed E-state index contributed by atoms with van der Waals surface area (Å²) in [5.74, 6) is 1.98. The standard InChI is InChI=1S/C41H25N3S/c1-2-10-28(11-3-1)39-42-40(44-41(43-39)32-21-22-35-34-15-6-7-16-37(34)45-38(35)25-32)31-13-8-12-29(23-31)30-20-19-27-18-17-26-9-4-5-14-33(26)36(27)24-30/h1-25H. The molecule has 0 saturated carbocycles. The van der Waals surface area contributed by atoms with Gasteiger partial charge in [0.25, 0.3) is 0 Å². The minimum Gasteiger partial charge on any atom is -0.208 e. The Kier molecular flexibility index (Phi) is 6.00. The number of nitrogens with zero attached hydrogens (tertiary/aromatic N) is 3. The average Bonchev–Trinajstić information content (AvgIpc) is 3.49. The van der Waals surface area contributed by atoms with E-state index < -0.39 is 0 Å². The summed E-state index contributed by atoms with van der Waals surface area (Å²) in [6, 6.07) is 53.4. The SMILES string of the molecule is c1ccc(-c2nc(-c3cccc(-c4ccc5ccc6ccccc6c5c4)c3)nc(-c3ccc4c(c3)sc3ccccc34)n2)cc1. The van der Waals surface area contributed by atoms with Gasteiger partial charge in [0.15, 0.2) is 17.5 Å². The normalized spacial score (nSPS) is 11.6. The van der Waals surface area contributed by atoms with Crippen molar-refractivity contribution >= 4 is 53.1 Å². The van der Waals surface area contributed by atoms with E-state index in [-0.39, 0.29) is 0 Å². The first-order chi connectivity index (χ1) is 22.3. The molecule has 9 rings (SSSR count). The van der Waals surface area contributed by atoms with Crippen LogP contribution in [0.4, 0.5) is 0 Å². The highest BCUT2D eigenvalue weighted by Gasteiger charge is 2.15. The third-order valence-electron chi connectivity index (χ3n) is 8.51. The molecule has 9 aromatic rings. The minimum atomic E-state index is 0.656. The maximum absolute atomic E-state index is 5.07. The second kappa shape index (κ2) is 10.5. The largest absolute Gasteiger partial charge is 0.208 e. The molecule has 0 spiro atoms. The Hall–Kier alpha value is -5.71. The Morgan fingerprint density at radius 3 is 1.71 bits per heavy atom. The summed E-state index contributed by atoms with van der Waals surface area (Å²) in [7, 11) is 0. The van der Waals surface area contributed by atoms with Crippen molar-refractivity contribution in [3.63, 3.8) is 0 Å². The molecule has 0 aliphatic carbocycles. The van der Waals surface area contributed by atoms with Crippen LogP contribution in [-0.4, -0.2) is 15.0 Å². The van der Waals surface area contributed by atoms with Gasteiger partial charge in [-0.1, -0.05) is 127 Å². The second-order valence-electron chi connectivity index (χ2n) is 11.3. The number of fused-ring (bicyclic) bond motifs is 6. The number of benzene rings is 7. The lowest BCUT2D eigenvalue weighted by atomic mass is 9.96. The predicted octanol–water partition coefficient (Wildman–Crippen LogP) is 11.2. The molecular formula is C41H25N3S. The molecule has 0 amide bonds. The van der Waals surface area contributed by atoms with Crippen LogP contribution in [0, 0.1) is 0 Å². The van der Waals surface area contributed by atoms with Crippen molar-refractivity contribution in [2.75, 3.05) is 0 Å². The molecular weight excluding hydrogens is 567 g/mol. The Labute approximate surface area is 264 Å². The summed E-state index contributed by atoms with van der Waals surface area (Å²) >= 11 is 1.80. The van der Waals surface area contributed by atoms with Crippen molar-refractivity contribution in [2.45, 2.75) is 0 Å². The quantitative estimate of drug-likeness (QED) is 0.191. The monoisotopic (exact) mass is 591 g/mol. The molecule has 0 aliphatic heterocycles. The zero-order chi connectivity index (χ0) is 29.7. The maximum Gasteiger partial charge on any atom is 0.164 e. The van der Waals surface area contributed by atoms with E-state index in [9.17, 15) is 0 Å². The highest BCUT2D eigenvalue weighted by atomic mass is 32.1.